The lowest BCUT2D eigenvalue weighted by atomic mass is 10.2. The number of amides is 1. The Labute approximate surface area is 137 Å². The lowest BCUT2D eigenvalue weighted by Gasteiger charge is -2.35. The van der Waals surface area contributed by atoms with Gasteiger partial charge in [0.15, 0.2) is 0 Å². The van der Waals surface area contributed by atoms with Crippen LogP contribution in [-0.4, -0.2) is 57.4 Å². The first-order chi connectivity index (χ1) is 11.2. The van der Waals surface area contributed by atoms with E-state index in [4.69, 9.17) is 0 Å². The molecule has 1 aromatic carbocycles. The Morgan fingerprint density at radius 3 is 2.12 bits per heavy atom. The molecule has 1 heterocycles. The fourth-order valence-corrected chi connectivity index (χ4v) is 3.25. The first-order valence-corrected chi connectivity index (χ1v) is 8.35. The highest BCUT2D eigenvalue weighted by atomic mass is 32.2. The second-order valence-electron chi connectivity index (χ2n) is 5.02. The molecule has 0 spiro atoms. The summed E-state index contributed by atoms with van der Waals surface area (Å²) in [7, 11) is -3.98. The molecule has 2 rings (SSSR count). The van der Waals surface area contributed by atoms with Gasteiger partial charge in [-0.05, 0) is 24.3 Å². The molecule has 0 aliphatic carbocycles. The maximum atomic E-state index is 12.5. The van der Waals surface area contributed by atoms with Crippen LogP contribution in [0.1, 0.15) is 10.4 Å². The number of carbonyl (C=O) groups excluding carboxylic acids is 1. The number of sulfonamides is 1. The molecule has 0 unspecified atom stereocenters. The normalized spacial score (nSPS) is 16.9. The van der Waals surface area contributed by atoms with Crippen LogP contribution in [0.15, 0.2) is 24.3 Å². The van der Waals surface area contributed by atoms with Gasteiger partial charge in [-0.25, -0.2) is 13.9 Å². The third-order valence-corrected chi connectivity index (χ3v) is 5.19. The fourth-order valence-electron chi connectivity index (χ4n) is 2.31. The van der Waals surface area contributed by atoms with E-state index in [-0.39, 0.29) is 26.2 Å². The number of hydroxylamine groups is 1. The van der Waals surface area contributed by atoms with Gasteiger partial charge >= 0.3 is 15.5 Å². The van der Waals surface area contributed by atoms with Crippen molar-refractivity contribution in [1.82, 2.24) is 9.79 Å². The molecule has 1 N–H and O–H groups in total. The Balaban J connectivity index is 2.01. The highest BCUT2D eigenvalue weighted by Gasteiger charge is 2.50. The van der Waals surface area contributed by atoms with Crippen LogP contribution in [0.3, 0.4) is 0 Å². The maximum absolute atomic E-state index is 12.5. The highest BCUT2D eigenvalue weighted by Crippen LogP contribution is 2.28. The minimum absolute atomic E-state index is 0.124. The van der Waals surface area contributed by atoms with Crippen molar-refractivity contribution in [3.05, 3.63) is 29.8 Å². The zero-order chi connectivity index (χ0) is 18.0. The molecule has 134 valence electrons. The third-order valence-electron chi connectivity index (χ3n) is 3.56. The van der Waals surface area contributed by atoms with E-state index in [0.717, 1.165) is 0 Å². The Hall–Kier alpha value is -1.85. The molecule has 0 aromatic heterocycles. The van der Waals surface area contributed by atoms with Crippen LogP contribution in [0.4, 0.5) is 18.9 Å². The average molecular weight is 367 g/mol. The van der Waals surface area contributed by atoms with E-state index in [2.05, 4.69) is 10.3 Å². The Bertz CT molecular complexity index is 683. The van der Waals surface area contributed by atoms with Gasteiger partial charge in [0.05, 0.1) is 7.11 Å². The van der Waals surface area contributed by atoms with Crippen molar-refractivity contribution >= 4 is 21.6 Å². The molecule has 0 radical (unpaired) electrons. The van der Waals surface area contributed by atoms with E-state index in [1.807, 2.05) is 0 Å². The average Bonchev–Trinajstić information content (AvgIpc) is 2.54. The quantitative estimate of drug-likeness (QED) is 0.802. The van der Waals surface area contributed by atoms with E-state index in [1.165, 1.54) is 7.11 Å². The molecular formula is C13H16F3N3O4S. The molecule has 1 aliphatic rings. The molecule has 7 nitrogen and oxygen atoms in total. The number of nitrogens with one attached hydrogen (secondary N) is 1. The first kappa shape index (κ1) is 18.5. The van der Waals surface area contributed by atoms with Gasteiger partial charge in [-0.2, -0.15) is 17.5 Å². The zero-order valence-corrected chi connectivity index (χ0v) is 13.5. The standard InChI is InChI=1S/C13H16F3N3O4S/c1-23-17-12(20)10-2-4-11(5-3-10)18-6-8-19(9-7-18)24(21,22)13(14,15)16/h2-5H,6-9H2,1H3,(H,17,20). The summed E-state index contributed by atoms with van der Waals surface area (Å²) >= 11 is 0. The number of benzene rings is 1. The van der Waals surface area contributed by atoms with Crippen molar-refractivity contribution in [2.24, 2.45) is 0 Å². The van der Waals surface area contributed by atoms with Gasteiger partial charge in [0.25, 0.3) is 5.91 Å². The molecule has 1 amide bonds. The van der Waals surface area contributed by atoms with Gasteiger partial charge in [0.2, 0.25) is 0 Å². The number of carbonyl (C=O) groups is 1. The van der Waals surface area contributed by atoms with Gasteiger partial charge in [0, 0.05) is 37.4 Å². The van der Waals surface area contributed by atoms with E-state index in [0.29, 0.717) is 15.6 Å². The van der Waals surface area contributed by atoms with Gasteiger partial charge < -0.3 is 4.90 Å². The van der Waals surface area contributed by atoms with Crippen molar-refractivity contribution in [1.29, 1.82) is 0 Å². The lowest BCUT2D eigenvalue weighted by Crippen LogP contribution is -2.52. The molecule has 0 saturated carbocycles. The number of alkyl halides is 3. The van der Waals surface area contributed by atoms with E-state index in [1.54, 1.807) is 29.2 Å². The second-order valence-corrected chi connectivity index (χ2v) is 6.95. The number of piperazine rings is 1. The maximum Gasteiger partial charge on any atom is 0.511 e. The van der Waals surface area contributed by atoms with Crippen molar-refractivity contribution in [3.8, 4) is 0 Å². The van der Waals surface area contributed by atoms with Gasteiger partial charge in [-0.1, -0.05) is 0 Å². The van der Waals surface area contributed by atoms with E-state index in [9.17, 15) is 26.4 Å². The van der Waals surface area contributed by atoms with Gasteiger partial charge in [0.1, 0.15) is 0 Å². The second kappa shape index (κ2) is 6.95. The molecule has 1 aromatic rings. The largest absolute Gasteiger partial charge is 0.511 e. The summed E-state index contributed by atoms with van der Waals surface area (Å²) in [5, 5.41) is 0. The number of nitrogens with zero attached hydrogens (tertiary/aromatic N) is 2. The van der Waals surface area contributed by atoms with E-state index < -0.39 is 21.4 Å². The monoisotopic (exact) mass is 367 g/mol. The fraction of sp³-hybridized carbons (Fsp3) is 0.462. The topological polar surface area (TPSA) is 79.0 Å². The molecule has 1 aliphatic heterocycles. The van der Waals surface area contributed by atoms with E-state index >= 15 is 0 Å². The number of hydrogen-bond acceptors (Lipinski definition) is 5. The summed E-state index contributed by atoms with van der Waals surface area (Å²) < 4.78 is 60.7. The number of anilines is 1. The Morgan fingerprint density at radius 1 is 1.12 bits per heavy atom. The molecule has 0 bridgehead atoms. The van der Waals surface area contributed by atoms with Crippen LogP contribution in [-0.2, 0) is 14.9 Å². The van der Waals surface area contributed by atoms with Crippen LogP contribution < -0.4 is 10.4 Å². The first-order valence-electron chi connectivity index (χ1n) is 6.91. The predicted molar refractivity (Wildman–Crippen MR) is 79.7 cm³/mol. The number of hydrogen-bond donors (Lipinski definition) is 1. The van der Waals surface area contributed by atoms with Gasteiger partial charge in [-0.3, -0.25) is 9.63 Å². The molecule has 1 saturated heterocycles. The summed E-state index contributed by atoms with van der Waals surface area (Å²) in [6.45, 7) is -0.265. The molecule has 24 heavy (non-hydrogen) atoms. The van der Waals surface area contributed by atoms with Crippen LogP contribution in [0, 0.1) is 0 Å². The lowest BCUT2D eigenvalue weighted by molar-refractivity contribution is -0.0490. The predicted octanol–water partition coefficient (Wildman–Crippen LogP) is 0.949. The van der Waals surface area contributed by atoms with Gasteiger partial charge in [-0.15, -0.1) is 0 Å². The zero-order valence-electron chi connectivity index (χ0n) is 12.7. The Morgan fingerprint density at radius 2 is 1.67 bits per heavy atom. The SMILES string of the molecule is CONC(=O)c1ccc(N2CCN(S(=O)(=O)C(F)(F)F)CC2)cc1. The summed E-state index contributed by atoms with van der Waals surface area (Å²) in [6.07, 6.45) is 0. The molecular weight excluding hydrogens is 351 g/mol. The number of rotatable bonds is 4. The molecule has 11 heteroatoms. The van der Waals surface area contributed by atoms with Crippen molar-refractivity contribution in [2.75, 3.05) is 38.2 Å². The highest BCUT2D eigenvalue weighted by molar-refractivity contribution is 7.90. The van der Waals surface area contributed by atoms with Crippen LogP contribution >= 0.6 is 0 Å². The van der Waals surface area contributed by atoms with Crippen molar-refractivity contribution in [2.45, 2.75) is 5.51 Å². The Kier molecular flexibility index (Phi) is 5.35. The van der Waals surface area contributed by atoms with Crippen molar-refractivity contribution < 1.29 is 31.2 Å². The summed E-state index contributed by atoms with van der Waals surface area (Å²) in [4.78, 5) is 17.8. The van der Waals surface area contributed by atoms with Crippen LogP contribution in [0.5, 0.6) is 0 Å². The number of halogens is 3. The minimum atomic E-state index is -5.29. The smallest absolute Gasteiger partial charge is 0.369 e. The molecule has 0 atom stereocenters. The van der Waals surface area contributed by atoms with Crippen molar-refractivity contribution in [3.63, 3.8) is 0 Å². The van der Waals surface area contributed by atoms with Crippen LogP contribution in [0.25, 0.3) is 0 Å². The third kappa shape index (κ3) is 3.79. The summed E-state index contributed by atoms with van der Waals surface area (Å²) in [6, 6.07) is 6.36. The summed E-state index contributed by atoms with van der Waals surface area (Å²) in [5.74, 6) is -0.426. The molecule has 1 fully saturated rings. The minimum Gasteiger partial charge on any atom is -0.369 e. The van der Waals surface area contributed by atoms with Crippen LogP contribution in [0.2, 0.25) is 0 Å². The summed E-state index contributed by atoms with van der Waals surface area (Å²) in [5.41, 5.74) is -2.07.